The van der Waals surface area contributed by atoms with Gasteiger partial charge >= 0.3 is 11.9 Å². The van der Waals surface area contributed by atoms with Gasteiger partial charge in [0, 0.05) is 6.04 Å². The van der Waals surface area contributed by atoms with Crippen molar-refractivity contribution >= 4 is 17.8 Å². The molecular weight excluding hydrogens is 336 g/mol. The second kappa shape index (κ2) is 9.35. The van der Waals surface area contributed by atoms with Gasteiger partial charge in [-0.05, 0) is 45.4 Å². The number of nitrogens with zero attached hydrogens (tertiary/aromatic N) is 1. The van der Waals surface area contributed by atoms with Crippen molar-refractivity contribution in [3.8, 4) is 0 Å². The minimum Gasteiger partial charge on any atom is -0.480 e. The Balaban J connectivity index is 2.10. The van der Waals surface area contributed by atoms with Gasteiger partial charge in [0.15, 0.2) is 0 Å². The van der Waals surface area contributed by atoms with Gasteiger partial charge in [0.05, 0.1) is 12.6 Å². The molecule has 1 amide bonds. The molecule has 5 atom stereocenters. The number of nitrogens with one attached hydrogen (secondary N) is 1. The molecule has 1 saturated carbocycles. The highest BCUT2D eigenvalue weighted by molar-refractivity contribution is 5.88. The summed E-state index contributed by atoms with van der Waals surface area (Å²) in [5.41, 5.74) is 0. The van der Waals surface area contributed by atoms with Crippen molar-refractivity contribution in [1.82, 2.24) is 10.2 Å². The Labute approximate surface area is 155 Å². The molecule has 7 nitrogen and oxygen atoms in total. The Morgan fingerprint density at radius 2 is 1.92 bits per heavy atom. The molecule has 2 fully saturated rings. The van der Waals surface area contributed by atoms with Crippen molar-refractivity contribution in [2.75, 3.05) is 6.61 Å². The minimum atomic E-state index is -0.935. The average molecular weight is 368 g/mol. The standard InChI is InChI=1S/C19H32N2O5/c1-4-8-14(19(25)26-5-2)20-12(3)17(22)21-15-10-7-6-9-13(15)11-16(21)18(23)24/h12-16,20H,4-11H2,1-3H3,(H,23,24)/t12?,13-,14-,15-,16-/m0/s1. The molecule has 1 aliphatic heterocycles. The van der Waals surface area contributed by atoms with E-state index in [9.17, 15) is 19.5 Å². The molecule has 7 heteroatoms. The monoisotopic (exact) mass is 368 g/mol. The highest BCUT2D eigenvalue weighted by atomic mass is 16.5. The molecule has 2 rings (SSSR count). The Morgan fingerprint density at radius 3 is 2.54 bits per heavy atom. The van der Waals surface area contributed by atoms with E-state index in [0.29, 0.717) is 19.4 Å². The molecule has 0 radical (unpaired) electrons. The third-order valence-electron chi connectivity index (χ3n) is 5.60. The SMILES string of the molecule is CCC[C@H](NC(C)C(=O)N1[C@H](C(=O)O)C[C@@H]2CCCC[C@@H]21)C(=O)OCC. The maximum Gasteiger partial charge on any atom is 0.326 e. The van der Waals surface area contributed by atoms with Crippen LogP contribution in [0.25, 0.3) is 0 Å². The zero-order valence-electron chi connectivity index (χ0n) is 16.1. The van der Waals surface area contributed by atoms with Gasteiger partial charge in [0.2, 0.25) is 5.91 Å². The van der Waals surface area contributed by atoms with Crippen LogP contribution in [0.2, 0.25) is 0 Å². The van der Waals surface area contributed by atoms with E-state index in [2.05, 4.69) is 5.32 Å². The summed E-state index contributed by atoms with van der Waals surface area (Å²) in [7, 11) is 0. The van der Waals surface area contributed by atoms with Gasteiger partial charge in [0.25, 0.3) is 0 Å². The Bertz CT molecular complexity index is 524. The smallest absolute Gasteiger partial charge is 0.326 e. The molecule has 0 aromatic rings. The van der Waals surface area contributed by atoms with Gasteiger partial charge in [-0.2, -0.15) is 0 Å². The van der Waals surface area contributed by atoms with E-state index in [-0.39, 0.29) is 23.8 Å². The number of likely N-dealkylation sites (tertiary alicyclic amines) is 1. The molecule has 2 N–H and O–H groups in total. The molecule has 0 aromatic heterocycles. The lowest BCUT2D eigenvalue weighted by atomic mass is 9.84. The number of esters is 1. The molecule has 26 heavy (non-hydrogen) atoms. The van der Waals surface area contributed by atoms with Crippen LogP contribution in [-0.4, -0.2) is 58.6 Å². The van der Waals surface area contributed by atoms with Crippen molar-refractivity contribution in [2.45, 2.75) is 89.9 Å². The summed E-state index contributed by atoms with van der Waals surface area (Å²) in [6.07, 6.45) is 5.87. The predicted molar refractivity (Wildman–Crippen MR) is 96.6 cm³/mol. The van der Waals surface area contributed by atoms with Gasteiger partial charge in [0.1, 0.15) is 12.1 Å². The number of amides is 1. The van der Waals surface area contributed by atoms with E-state index < -0.39 is 24.1 Å². The molecule has 0 spiro atoms. The fourth-order valence-corrected chi connectivity index (χ4v) is 4.39. The maximum atomic E-state index is 13.1. The van der Waals surface area contributed by atoms with Crippen molar-refractivity contribution in [3.63, 3.8) is 0 Å². The molecule has 1 heterocycles. The second-order valence-electron chi connectivity index (χ2n) is 7.43. The quantitative estimate of drug-likeness (QED) is 0.636. The van der Waals surface area contributed by atoms with Crippen LogP contribution in [0.5, 0.6) is 0 Å². The normalized spacial score (nSPS) is 27.5. The van der Waals surface area contributed by atoms with E-state index in [1.165, 1.54) is 0 Å². The third kappa shape index (κ3) is 4.55. The van der Waals surface area contributed by atoms with Crippen LogP contribution in [0.3, 0.4) is 0 Å². The number of carboxylic acids is 1. The zero-order valence-corrected chi connectivity index (χ0v) is 16.1. The fraction of sp³-hybridized carbons (Fsp3) is 0.842. The molecule has 0 aromatic carbocycles. The lowest BCUT2D eigenvalue weighted by Crippen LogP contribution is -2.55. The summed E-state index contributed by atoms with van der Waals surface area (Å²) in [5.74, 6) is -1.24. The van der Waals surface area contributed by atoms with Crippen molar-refractivity contribution in [1.29, 1.82) is 0 Å². The Morgan fingerprint density at radius 1 is 1.23 bits per heavy atom. The summed E-state index contributed by atoms with van der Waals surface area (Å²) in [6, 6.07) is -1.92. The summed E-state index contributed by atoms with van der Waals surface area (Å²) < 4.78 is 5.09. The number of rotatable bonds is 8. The number of hydrogen-bond donors (Lipinski definition) is 2. The number of fused-ring (bicyclic) bond motifs is 1. The summed E-state index contributed by atoms with van der Waals surface area (Å²) >= 11 is 0. The summed E-state index contributed by atoms with van der Waals surface area (Å²) in [6.45, 7) is 5.72. The van der Waals surface area contributed by atoms with Crippen molar-refractivity contribution < 1.29 is 24.2 Å². The van der Waals surface area contributed by atoms with Crippen LogP contribution in [0.4, 0.5) is 0 Å². The van der Waals surface area contributed by atoms with Crippen LogP contribution in [0.1, 0.15) is 65.7 Å². The van der Waals surface area contributed by atoms with E-state index in [4.69, 9.17) is 4.74 Å². The van der Waals surface area contributed by atoms with Crippen molar-refractivity contribution in [3.05, 3.63) is 0 Å². The average Bonchev–Trinajstić information content (AvgIpc) is 3.00. The molecule has 1 aliphatic carbocycles. The molecule has 0 bridgehead atoms. The fourth-order valence-electron chi connectivity index (χ4n) is 4.39. The van der Waals surface area contributed by atoms with E-state index >= 15 is 0 Å². The number of ether oxygens (including phenoxy) is 1. The van der Waals surface area contributed by atoms with Gasteiger partial charge in [-0.3, -0.25) is 14.9 Å². The van der Waals surface area contributed by atoms with Crippen LogP contribution < -0.4 is 5.32 Å². The predicted octanol–water partition coefficient (Wildman–Crippen LogP) is 1.94. The van der Waals surface area contributed by atoms with Gasteiger partial charge in [-0.1, -0.05) is 26.2 Å². The largest absolute Gasteiger partial charge is 0.480 e. The summed E-state index contributed by atoms with van der Waals surface area (Å²) in [5, 5.41) is 12.7. The molecule has 2 aliphatic rings. The van der Waals surface area contributed by atoms with E-state index in [1.807, 2.05) is 6.92 Å². The zero-order chi connectivity index (χ0) is 19.3. The molecule has 1 saturated heterocycles. The van der Waals surface area contributed by atoms with E-state index in [0.717, 1.165) is 32.1 Å². The Hall–Kier alpha value is -1.63. The maximum absolute atomic E-state index is 13.1. The minimum absolute atomic E-state index is 0.00817. The lowest BCUT2D eigenvalue weighted by Gasteiger charge is -2.35. The first kappa shape index (κ1) is 20.7. The van der Waals surface area contributed by atoms with Gasteiger partial charge in [-0.25, -0.2) is 4.79 Å². The van der Waals surface area contributed by atoms with Crippen LogP contribution >= 0.6 is 0 Å². The number of aliphatic carboxylic acids is 1. The highest BCUT2D eigenvalue weighted by Crippen LogP contribution is 2.40. The van der Waals surface area contributed by atoms with Crippen LogP contribution in [0.15, 0.2) is 0 Å². The topological polar surface area (TPSA) is 95.9 Å². The number of hydrogen-bond acceptors (Lipinski definition) is 5. The van der Waals surface area contributed by atoms with Gasteiger partial charge < -0.3 is 14.7 Å². The number of carboxylic acid groups (broad SMARTS) is 1. The number of carbonyl (C=O) groups is 3. The highest BCUT2D eigenvalue weighted by Gasteiger charge is 2.48. The first-order valence-corrected chi connectivity index (χ1v) is 9.88. The van der Waals surface area contributed by atoms with Crippen LogP contribution in [-0.2, 0) is 19.1 Å². The second-order valence-corrected chi connectivity index (χ2v) is 7.43. The molecule has 1 unspecified atom stereocenters. The van der Waals surface area contributed by atoms with E-state index in [1.54, 1.807) is 18.7 Å². The third-order valence-corrected chi connectivity index (χ3v) is 5.60. The summed E-state index contributed by atoms with van der Waals surface area (Å²) in [4.78, 5) is 38.5. The molecule has 148 valence electrons. The molecular formula is C19H32N2O5. The first-order valence-electron chi connectivity index (χ1n) is 9.88. The van der Waals surface area contributed by atoms with Gasteiger partial charge in [-0.15, -0.1) is 0 Å². The van der Waals surface area contributed by atoms with Crippen LogP contribution in [0, 0.1) is 5.92 Å². The number of carbonyl (C=O) groups excluding carboxylic acids is 2. The lowest BCUT2D eigenvalue weighted by molar-refractivity contribution is -0.152. The Kier molecular flexibility index (Phi) is 7.43. The first-order chi connectivity index (χ1) is 12.4. The van der Waals surface area contributed by atoms with Crippen molar-refractivity contribution in [2.24, 2.45) is 5.92 Å².